The Morgan fingerprint density at radius 2 is 1.61 bits per heavy atom. The summed E-state index contributed by atoms with van der Waals surface area (Å²) in [5.74, 6) is 0.271. The summed E-state index contributed by atoms with van der Waals surface area (Å²) < 4.78 is 13.8. The first-order valence-electron chi connectivity index (χ1n) is 11.0. The number of amides is 1. The summed E-state index contributed by atoms with van der Waals surface area (Å²) in [7, 11) is 0. The third-order valence-electron chi connectivity index (χ3n) is 6.07. The lowest BCUT2D eigenvalue weighted by Crippen LogP contribution is -2.34. The van der Waals surface area contributed by atoms with Gasteiger partial charge < -0.3 is 5.32 Å². The molecule has 1 aliphatic rings. The van der Waals surface area contributed by atoms with Crippen molar-refractivity contribution in [1.82, 2.24) is 10.2 Å². The number of hydrogen-bond acceptors (Lipinski definition) is 2. The first kappa shape index (κ1) is 21.3. The Morgan fingerprint density at radius 3 is 2.39 bits per heavy atom. The minimum Gasteiger partial charge on any atom is -0.348 e. The molecule has 1 amide bonds. The van der Waals surface area contributed by atoms with E-state index in [9.17, 15) is 9.18 Å². The molecule has 4 rings (SSSR count). The van der Waals surface area contributed by atoms with Crippen molar-refractivity contribution >= 4 is 5.91 Å². The van der Waals surface area contributed by atoms with Crippen LogP contribution in [0.1, 0.15) is 39.9 Å². The van der Waals surface area contributed by atoms with Crippen molar-refractivity contribution < 1.29 is 9.18 Å². The smallest absolute Gasteiger partial charge is 0.251 e. The van der Waals surface area contributed by atoms with Gasteiger partial charge in [0.1, 0.15) is 5.82 Å². The number of nitrogens with one attached hydrogen (secondary N) is 1. The van der Waals surface area contributed by atoms with Crippen LogP contribution in [-0.4, -0.2) is 23.9 Å². The Balaban J connectivity index is 1.28. The fourth-order valence-electron chi connectivity index (χ4n) is 4.28. The summed E-state index contributed by atoms with van der Waals surface area (Å²) >= 11 is 0. The van der Waals surface area contributed by atoms with Gasteiger partial charge >= 0.3 is 0 Å². The van der Waals surface area contributed by atoms with Gasteiger partial charge in [-0.15, -0.1) is 0 Å². The van der Waals surface area contributed by atoms with Crippen molar-refractivity contribution in [2.45, 2.75) is 32.4 Å². The Kier molecular flexibility index (Phi) is 7.11. The number of carbonyl (C=O) groups excluding carboxylic acids is 1. The molecular weight excluding hydrogens is 387 g/mol. The molecule has 3 aromatic carbocycles. The zero-order valence-electron chi connectivity index (χ0n) is 17.8. The second-order valence-electron chi connectivity index (χ2n) is 8.38. The average molecular weight is 417 g/mol. The van der Waals surface area contributed by atoms with Crippen molar-refractivity contribution in [2.75, 3.05) is 13.1 Å². The number of hydrogen-bond donors (Lipinski definition) is 1. The van der Waals surface area contributed by atoms with E-state index < -0.39 is 0 Å². The summed E-state index contributed by atoms with van der Waals surface area (Å²) in [4.78, 5) is 15.0. The molecule has 1 saturated heterocycles. The Morgan fingerprint density at radius 1 is 0.903 bits per heavy atom. The van der Waals surface area contributed by atoms with Crippen LogP contribution in [0.15, 0.2) is 78.9 Å². The zero-order valence-corrected chi connectivity index (χ0v) is 17.8. The molecule has 1 N–H and O–H groups in total. The highest BCUT2D eigenvalue weighted by Gasteiger charge is 2.20. The van der Waals surface area contributed by atoms with Gasteiger partial charge in [-0.1, -0.05) is 60.7 Å². The molecule has 0 aliphatic carbocycles. The van der Waals surface area contributed by atoms with Crippen LogP contribution in [0.3, 0.4) is 0 Å². The topological polar surface area (TPSA) is 32.3 Å². The molecule has 31 heavy (non-hydrogen) atoms. The van der Waals surface area contributed by atoms with E-state index in [1.54, 1.807) is 18.2 Å². The van der Waals surface area contributed by atoms with Gasteiger partial charge in [0, 0.05) is 24.2 Å². The molecule has 0 saturated carbocycles. The van der Waals surface area contributed by atoms with Crippen LogP contribution < -0.4 is 5.32 Å². The number of nitrogens with zero attached hydrogens (tertiary/aromatic N) is 1. The highest BCUT2D eigenvalue weighted by molar-refractivity contribution is 5.94. The highest BCUT2D eigenvalue weighted by Crippen LogP contribution is 2.23. The van der Waals surface area contributed by atoms with Crippen LogP contribution in [-0.2, 0) is 19.5 Å². The number of benzene rings is 3. The molecule has 0 radical (unpaired) electrons. The fraction of sp³-hybridized carbons (Fsp3) is 0.296. The molecule has 1 heterocycles. The van der Waals surface area contributed by atoms with Gasteiger partial charge in [-0.25, -0.2) is 4.39 Å². The maximum atomic E-state index is 13.8. The van der Waals surface area contributed by atoms with E-state index in [1.165, 1.54) is 24.5 Å². The first-order valence-corrected chi connectivity index (χ1v) is 11.0. The van der Waals surface area contributed by atoms with Gasteiger partial charge in [0.25, 0.3) is 5.91 Å². The van der Waals surface area contributed by atoms with Gasteiger partial charge in [0.2, 0.25) is 0 Å². The molecular formula is C27H29FN2O. The molecule has 0 aromatic heterocycles. The average Bonchev–Trinajstić information content (AvgIpc) is 2.80. The van der Waals surface area contributed by atoms with E-state index >= 15 is 0 Å². The summed E-state index contributed by atoms with van der Waals surface area (Å²) in [6.45, 7) is 3.21. The van der Waals surface area contributed by atoms with Crippen molar-refractivity contribution in [3.63, 3.8) is 0 Å². The number of halogens is 1. The molecule has 4 heteroatoms. The molecule has 1 fully saturated rings. The van der Waals surface area contributed by atoms with Crippen molar-refractivity contribution in [1.29, 1.82) is 0 Å². The van der Waals surface area contributed by atoms with E-state index in [0.717, 1.165) is 37.5 Å². The largest absolute Gasteiger partial charge is 0.348 e. The Labute approximate surface area is 183 Å². The standard InChI is InChI=1S/C27H29FN2O/c28-26-12-5-4-10-25(26)19-29-27(31)24-11-6-9-23(18-24)20-30-15-13-22(14-16-30)17-21-7-2-1-3-8-21/h1-12,18,22H,13-17,19-20H2,(H,29,31). The van der Waals surface area contributed by atoms with Gasteiger partial charge in [0.15, 0.2) is 0 Å². The van der Waals surface area contributed by atoms with Crippen LogP contribution >= 0.6 is 0 Å². The minimum atomic E-state index is -0.299. The molecule has 3 nitrogen and oxygen atoms in total. The second kappa shape index (κ2) is 10.4. The summed E-state index contributed by atoms with van der Waals surface area (Å²) in [6, 6.07) is 25.0. The van der Waals surface area contributed by atoms with Gasteiger partial charge in [-0.05, 0) is 67.6 Å². The van der Waals surface area contributed by atoms with E-state index in [4.69, 9.17) is 0 Å². The summed E-state index contributed by atoms with van der Waals surface area (Å²) in [5, 5.41) is 2.82. The fourth-order valence-corrected chi connectivity index (χ4v) is 4.28. The summed E-state index contributed by atoms with van der Waals surface area (Å²) in [6.07, 6.45) is 3.57. The van der Waals surface area contributed by atoms with E-state index in [2.05, 4.69) is 46.6 Å². The molecule has 3 aromatic rings. The normalized spacial score (nSPS) is 15.0. The lowest BCUT2D eigenvalue weighted by Gasteiger charge is -2.32. The monoisotopic (exact) mass is 416 g/mol. The third kappa shape index (κ3) is 6.02. The molecule has 1 aliphatic heterocycles. The molecule has 0 spiro atoms. The Hall–Kier alpha value is -2.98. The maximum Gasteiger partial charge on any atom is 0.251 e. The number of rotatable bonds is 7. The number of piperidine rings is 1. The molecule has 0 atom stereocenters. The molecule has 0 bridgehead atoms. The lowest BCUT2D eigenvalue weighted by atomic mass is 9.90. The molecule has 160 valence electrons. The second-order valence-corrected chi connectivity index (χ2v) is 8.38. The van der Waals surface area contributed by atoms with Gasteiger partial charge in [-0.3, -0.25) is 9.69 Å². The predicted octanol–water partition coefficient (Wildman–Crippen LogP) is 5.21. The predicted molar refractivity (Wildman–Crippen MR) is 122 cm³/mol. The van der Waals surface area contributed by atoms with E-state index in [-0.39, 0.29) is 18.3 Å². The van der Waals surface area contributed by atoms with Gasteiger partial charge in [0.05, 0.1) is 0 Å². The SMILES string of the molecule is O=C(NCc1ccccc1F)c1cccc(CN2CCC(Cc3ccccc3)CC2)c1. The molecule has 0 unspecified atom stereocenters. The maximum absolute atomic E-state index is 13.8. The van der Waals surface area contributed by atoms with Crippen LogP contribution in [0.2, 0.25) is 0 Å². The van der Waals surface area contributed by atoms with E-state index in [0.29, 0.717) is 11.1 Å². The quantitative estimate of drug-likeness (QED) is 0.573. The Bertz CT molecular complexity index is 997. The van der Waals surface area contributed by atoms with Crippen molar-refractivity contribution in [3.05, 3.63) is 107 Å². The van der Waals surface area contributed by atoms with Crippen molar-refractivity contribution in [3.8, 4) is 0 Å². The zero-order chi connectivity index (χ0) is 21.5. The lowest BCUT2D eigenvalue weighted by molar-refractivity contribution is 0.0950. The number of likely N-dealkylation sites (tertiary alicyclic amines) is 1. The van der Waals surface area contributed by atoms with Crippen LogP contribution in [0.5, 0.6) is 0 Å². The van der Waals surface area contributed by atoms with Gasteiger partial charge in [-0.2, -0.15) is 0 Å². The van der Waals surface area contributed by atoms with E-state index in [1.807, 2.05) is 18.2 Å². The summed E-state index contributed by atoms with van der Waals surface area (Å²) in [5.41, 5.74) is 3.67. The first-order chi connectivity index (χ1) is 15.2. The highest BCUT2D eigenvalue weighted by atomic mass is 19.1. The van der Waals surface area contributed by atoms with Crippen LogP contribution in [0, 0.1) is 11.7 Å². The number of carbonyl (C=O) groups is 1. The van der Waals surface area contributed by atoms with Crippen molar-refractivity contribution in [2.24, 2.45) is 5.92 Å². The van der Waals surface area contributed by atoms with Crippen LogP contribution in [0.25, 0.3) is 0 Å². The third-order valence-corrected chi connectivity index (χ3v) is 6.07. The van der Waals surface area contributed by atoms with Crippen LogP contribution in [0.4, 0.5) is 4.39 Å². The minimum absolute atomic E-state index is 0.174.